The number of alkyl halides is 1. The van der Waals surface area contributed by atoms with Crippen LogP contribution in [0, 0.1) is 11.6 Å². The molecule has 19 heavy (non-hydrogen) atoms. The third-order valence-electron chi connectivity index (χ3n) is 2.28. The van der Waals surface area contributed by atoms with Gasteiger partial charge in [0.15, 0.2) is 11.6 Å². The second-order valence-corrected chi connectivity index (χ2v) is 3.47. The number of phenols is 1. The molecule has 1 unspecified atom stereocenters. The minimum Gasteiger partial charge on any atom is -0.505 e. The van der Waals surface area contributed by atoms with E-state index < -0.39 is 41.1 Å². The number of esters is 1. The van der Waals surface area contributed by atoms with Gasteiger partial charge in [0.05, 0.1) is 18.2 Å². The van der Waals surface area contributed by atoms with Gasteiger partial charge in [0.1, 0.15) is 5.82 Å². The molecule has 0 saturated heterocycles. The SMILES string of the molecule is CCOC(=O)C(F)[C@@H](N)c1c(F)ccc(F)c1O.Cl. The van der Waals surface area contributed by atoms with Crippen molar-refractivity contribution in [2.75, 3.05) is 6.61 Å². The topological polar surface area (TPSA) is 72.5 Å². The average molecular weight is 300 g/mol. The van der Waals surface area contributed by atoms with E-state index in [4.69, 9.17) is 5.73 Å². The van der Waals surface area contributed by atoms with Gasteiger partial charge >= 0.3 is 5.97 Å². The normalized spacial score (nSPS) is 13.3. The lowest BCUT2D eigenvalue weighted by atomic mass is 10.0. The number of nitrogens with two attached hydrogens (primary N) is 1. The molecule has 0 spiro atoms. The van der Waals surface area contributed by atoms with Crippen molar-refractivity contribution < 1.29 is 27.8 Å². The minimum absolute atomic E-state index is 0. The molecule has 1 rings (SSSR count). The first kappa shape index (κ1) is 17.5. The van der Waals surface area contributed by atoms with Crippen LogP contribution < -0.4 is 5.73 Å². The molecule has 0 aliphatic heterocycles. The van der Waals surface area contributed by atoms with E-state index in [1.165, 1.54) is 6.92 Å². The summed E-state index contributed by atoms with van der Waals surface area (Å²) >= 11 is 0. The van der Waals surface area contributed by atoms with Crippen LogP contribution in [0.3, 0.4) is 0 Å². The van der Waals surface area contributed by atoms with Gasteiger partial charge in [-0.2, -0.15) is 0 Å². The summed E-state index contributed by atoms with van der Waals surface area (Å²) in [6, 6.07) is -0.500. The molecule has 108 valence electrons. The minimum atomic E-state index is -2.40. The van der Waals surface area contributed by atoms with Crippen LogP contribution in [0.25, 0.3) is 0 Å². The Bertz CT molecular complexity index is 459. The maximum Gasteiger partial charge on any atom is 0.342 e. The van der Waals surface area contributed by atoms with Crippen LogP contribution in [-0.2, 0) is 9.53 Å². The van der Waals surface area contributed by atoms with E-state index in [2.05, 4.69) is 4.74 Å². The molecule has 1 aromatic carbocycles. The third-order valence-corrected chi connectivity index (χ3v) is 2.28. The predicted molar refractivity (Wildman–Crippen MR) is 63.7 cm³/mol. The Morgan fingerprint density at radius 2 is 1.95 bits per heavy atom. The van der Waals surface area contributed by atoms with Gasteiger partial charge in [0.2, 0.25) is 6.17 Å². The number of ether oxygens (including phenoxy) is 1. The van der Waals surface area contributed by atoms with Gasteiger partial charge in [-0.15, -0.1) is 12.4 Å². The van der Waals surface area contributed by atoms with E-state index in [1.807, 2.05) is 0 Å². The number of carbonyl (C=O) groups is 1. The van der Waals surface area contributed by atoms with E-state index in [1.54, 1.807) is 0 Å². The summed E-state index contributed by atoms with van der Waals surface area (Å²) in [7, 11) is 0. The van der Waals surface area contributed by atoms with E-state index in [0.717, 1.165) is 0 Å². The Hall–Kier alpha value is -1.47. The highest BCUT2D eigenvalue weighted by atomic mass is 35.5. The molecule has 0 amide bonds. The van der Waals surface area contributed by atoms with Crippen molar-refractivity contribution in [1.82, 2.24) is 0 Å². The van der Waals surface area contributed by atoms with Gasteiger partial charge < -0.3 is 15.6 Å². The first-order valence-electron chi connectivity index (χ1n) is 5.13. The van der Waals surface area contributed by atoms with Crippen molar-refractivity contribution in [3.63, 3.8) is 0 Å². The number of hydrogen-bond donors (Lipinski definition) is 2. The lowest BCUT2D eigenvalue weighted by Crippen LogP contribution is -2.32. The number of hydrogen-bond acceptors (Lipinski definition) is 4. The molecule has 8 heteroatoms. The molecule has 4 nitrogen and oxygen atoms in total. The van der Waals surface area contributed by atoms with Crippen molar-refractivity contribution in [2.24, 2.45) is 5.73 Å². The van der Waals surface area contributed by atoms with Crippen molar-refractivity contribution in [1.29, 1.82) is 0 Å². The molecule has 0 saturated carbocycles. The van der Waals surface area contributed by atoms with Gasteiger partial charge in [0.25, 0.3) is 0 Å². The number of rotatable bonds is 4. The fourth-order valence-corrected chi connectivity index (χ4v) is 1.39. The number of carbonyl (C=O) groups excluding carboxylic acids is 1. The highest BCUT2D eigenvalue weighted by Crippen LogP contribution is 2.31. The van der Waals surface area contributed by atoms with Gasteiger partial charge in [-0.25, -0.2) is 18.0 Å². The fraction of sp³-hybridized carbons (Fsp3) is 0.364. The standard InChI is InChI=1S/C11H12F3NO3.ClH/c1-2-18-11(17)8(14)9(15)7-5(12)3-4-6(13)10(7)16;/h3-4,8-9,16H,2,15H2,1H3;1H/t8?,9-;/m0./s1. The smallest absolute Gasteiger partial charge is 0.342 e. The quantitative estimate of drug-likeness (QED) is 0.834. The summed E-state index contributed by atoms with van der Waals surface area (Å²) < 4.78 is 44.3. The number of halogens is 4. The molecule has 0 aliphatic carbocycles. The van der Waals surface area contributed by atoms with Crippen molar-refractivity contribution in [3.05, 3.63) is 29.3 Å². The molecule has 2 atom stereocenters. The highest BCUT2D eigenvalue weighted by molar-refractivity contribution is 5.85. The van der Waals surface area contributed by atoms with Crippen molar-refractivity contribution >= 4 is 18.4 Å². The van der Waals surface area contributed by atoms with Gasteiger partial charge in [0, 0.05) is 0 Å². The van der Waals surface area contributed by atoms with Crippen LogP contribution in [0.5, 0.6) is 5.75 Å². The Kier molecular flexibility index (Phi) is 6.64. The molecule has 0 fully saturated rings. The number of benzene rings is 1. The lowest BCUT2D eigenvalue weighted by molar-refractivity contribution is -0.150. The molecular weight excluding hydrogens is 287 g/mol. The zero-order valence-corrected chi connectivity index (χ0v) is 10.7. The Morgan fingerprint density at radius 3 is 2.47 bits per heavy atom. The second kappa shape index (κ2) is 7.20. The lowest BCUT2D eigenvalue weighted by Gasteiger charge is -2.17. The van der Waals surface area contributed by atoms with E-state index in [-0.39, 0.29) is 19.0 Å². The predicted octanol–water partition coefficient (Wildman–Crippen LogP) is 1.99. The van der Waals surface area contributed by atoms with Crippen LogP contribution in [0.2, 0.25) is 0 Å². The molecule has 0 aliphatic rings. The number of phenolic OH excluding ortho intramolecular Hbond substituents is 1. The summed E-state index contributed by atoms with van der Waals surface area (Å²) in [5.41, 5.74) is 4.50. The molecule has 3 N–H and O–H groups in total. The summed E-state index contributed by atoms with van der Waals surface area (Å²) in [6.45, 7) is 1.37. The maximum atomic E-state index is 13.6. The van der Waals surface area contributed by atoms with Crippen LogP contribution in [0.4, 0.5) is 13.2 Å². The Morgan fingerprint density at radius 1 is 1.42 bits per heavy atom. The van der Waals surface area contributed by atoms with Gasteiger partial charge in [-0.3, -0.25) is 0 Å². The number of aromatic hydroxyl groups is 1. The fourth-order valence-electron chi connectivity index (χ4n) is 1.39. The van der Waals surface area contributed by atoms with E-state index in [0.29, 0.717) is 12.1 Å². The summed E-state index contributed by atoms with van der Waals surface area (Å²) in [4.78, 5) is 11.1. The van der Waals surface area contributed by atoms with Crippen LogP contribution in [0.1, 0.15) is 18.5 Å². The van der Waals surface area contributed by atoms with Gasteiger partial charge in [-0.1, -0.05) is 0 Å². The first-order valence-corrected chi connectivity index (χ1v) is 5.13. The van der Waals surface area contributed by atoms with Crippen molar-refractivity contribution in [2.45, 2.75) is 19.1 Å². The van der Waals surface area contributed by atoms with E-state index in [9.17, 15) is 23.1 Å². The molecular formula is C11H13ClF3NO3. The molecule has 0 aromatic heterocycles. The largest absolute Gasteiger partial charge is 0.505 e. The van der Waals surface area contributed by atoms with Crippen LogP contribution >= 0.6 is 12.4 Å². The third kappa shape index (κ3) is 3.74. The molecule has 1 aromatic rings. The Balaban J connectivity index is 0.00000324. The maximum absolute atomic E-state index is 13.6. The zero-order chi connectivity index (χ0) is 13.9. The van der Waals surface area contributed by atoms with Gasteiger partial charge in [-0.05, 0) is 19.1 Å². The van der Waals surface area contributed by atoms with E-state index >= 15 is 0 Å². The Labute approximate surface area is 113 Å². The zero-order valence-electron chi connectivity index (χ0n) is 9.90. The summed E-state index contributed by atoms with van der Waals surface area (Å²) in [5.74, 6) is -4.67. The molecule has 0 radical (unpaired) electrons. The summed E-state index contributed by atoms with van der Waals surface area (Å²) in [6.07, 6.45) is -2.40. The average Bonchev–Trinajstić information content (AvgIpc) is 2.33. The first-order chi connectivity index (χ1) is 8.40. The van der Waals surface area contributed by atoms with Crippen LogP contribution in [0.15, 0.2) is 12.1 Å². The van der Waals surface area contributed by atoms with Crippen molar-refractivity contribution in [3.8, 4) is 5.75 Å². The second-order valence-electron chi connectivity index (χ2n) is 3.47. The summed E-state index contributed by atoms with van der Waals surface area (Å²) in [5, 5.41) is 9.30. The molecule has 0 bridgehead atoms. The van der Waals surface area contributed by atoms with Crippen LogP contribution in [-0.4, -0.2) is 23.9 Å². The molecule has 0 heterocycles. The highest BCUT2D eigenvalue weighted by Gasteiger charge is 2.32. The monoisotopic (exact) mass is 299 g/mol.